The number of ketones is 1. The maximum Gasteiger partial charge on any atom is 0.168 e. The van der Waals surface area contributed by atoms with E-state index in [1.165, 1.54) is 6.07 Å². The van der Waals surface area contributed by atoms with Gasteiger partial charge in [0.15, 0.2) is 5.78 Å². The monoisotopic (exact) mass is 238 g/mol. The number of halogens is 1. The number of hydrogen-bond acceptors (Lipinski definition) is 2. The highest BCUT2D eigenvalue weighted by Crippen LogP contribution is 2.20. The number of carbonyl (C=O) groups is 1. The minimum atomic E-state index is -0.809. The molecule has 0 spiro atoms. The molecule has 0 aromatic heterocycles. The molecule has 0 saturated heterocycles. The number of benzene rings is 1. The van der Waals surface area contributed by atoms with Crippen LogP contribution in [0.25, 0.3) is 0 Å². The minimum Gasteiger partial charge on any atom is -0.368 e. The average molecular weight is 238 g/mol. The number of hydrogen-bond donors (Lipinski definition) is 0. The molecule has 1 atom stereocenters. The third kappa shape index (κ3) is 3.37. The van der Waals surface area contributed by atoms with Crippen LogP contribution in [0.2, 0.25) is 0 Å². The van der Waals surface area contributed by atoms with E-state index in [9.17, 15) is 9.18 Å². The lowest BCUT2D eigenvalue weighted by atomic mass is 9.92. The van der Waals surface area contributed by atoms with Crippen LogP contribution in [0.5, 0.6) is 0 Å². The Kier molecular flexibility index (Phi) is 4.82. The van der Waals surface area contributed by atoms with Crippen LogP contribution in [-0.4, -0.2) is 18.0 Å². The van der Waals surface area contributed by atoms with Gasteiger partial charge in [0.25, 0.3) is 0 Å². The summed E-state index contributed by atoms with van der Waals surface area (Å²) in [6.07, 6.45) is 0.672. The van der Waals surface area contributed by atoms with Gasteiger partial charge < -0.3 is 4.74 Å². The molecule has 0 fully saturated rings. The molecule has 2 nitrogen and oxygen atoms in total. The first-order chi connectivity index (χ1) is 8.03. The van der Waals surface area contributed by atoms with Gasteiger partial charge in [-0.2, -0.15) is 0 Å². The summed E-state index contributed by atoms with van der Waals surface area (Å²) in [5.74, 6) is -0.414. The number of rotatable bonds is 6. The molecule has 0 amide bonds. The van der Waals surface area contributed by atoms with Crippen LogP contribution in [0.1, 0.15) is 32.8 Å². The predicted molar refractivity (Wildman–Crippen MR) is 65.4 cm³/mol. The second-order valence-electron chi connectivity index (χ2n) is 4.21. The molecule has 0 radical (unpaired) electrons. The van der Waals surface area contributed by atoms with Gasteiger partial charge >= 0.3 is 0 Å². The summed E-state index contributed by atoms with van der Waals surface area (Å²) in [7, 11) is 0. The Balaban J connectivity index is 2.81. The molecule has 1 rings (SSSR count). The molecule has 0 bridgehead atoms. The van der Waals surface area contributed by atoms with Gasteiger partial charge in [-0.15, -0.1) is 0 Å². The predicted octanol–water partition coefficient (Wildman–Crippen LogP) is 3.14. The Labute approximate surface area is 102 Å². The summed E-state index contributed by atoms with van der Waals surface area (Å²) in [6.45, 7) is 5.99. The molecular weight excluding hydrogens is 219 g/mol. The molecule has 17 heavy (non-hydrogen) atoms. The molecule has 94 valence electrons. The summed E-state index contributed by atoms with van der Waals surface area (Å²) in [5, 5.41) is 0. The van der Waals surface area contributed by atoms with Crippen LogP contribution in [-0.2, 0) is 16.0 Å². The fourth-order valence-electron chi connectivity index (χ4n) is 1.70. The first-order valence-corrected chi connectivity index (χ1v) is 5.94. The second-order valence-corrected chi connectivity index (χ2v) is 4.21. The third-order valence-electron chi connectivity index (χ3n) is 3.04. The molecule has 1 unspecified atom stereocenters. The smallest absolute Gasteiger partial charge is 0.168 e. The van der Waals surface area contributed by atoms with E-state index in [-0.39, 0.29) is 18.0 Å². The van der Waals surface area contributed by atoms with Gasteiger partial charge in [0.1, 0.15) is 11.4 Å². The largest absolute Gasteiger partial charge is 0.368 e. The third-order valence-corrected chi connectivity index (χ3v) is 3.04. The minimum absolute atomic E-state index is 0.0769. The highest BCUT2D eigenvalue weighted by Gasteiger charge is 2.31. The highest BCUT2D eigenvalue weighted by atomic mass is 19.1. The van der Waals surface area contributed by atoms with Crippen molar-refractivity contribution in [3.63, 3.8) is 0 Å². The fourth-order valence-corrected chi connectivity index (χ4v) is 1.70. The topological polar surface area (TPSA) is 26.3 Å². The van der Waals surface area contributed by atoms with E-state index >= 15 is 0 Å². The van der Waals surface area contributed by atoms with Gasteiger partial charge in [-0.3, -0.25) is 4.79 Å². The zero-order chi connectivity index (χ0) is 12.9. The van der Waals surface area contributed by atoms with Gasteiger partial charge in [-0.05, 0) is 31.9 Å². The van der Waals surface area contributed by atoms with Crippen molar-refractivity contribution >= 4 is 5.78 Å². The Morgan fingerprint density at radius 3 is 2.53 bits per heavy atom. The van der Waals surface area contributed by atoms with Gasteiger partial charge in [0, 0.05) is 13.0 Å². The molecule has 1 aromatic rings. The highest BCUT2D eigenvalue weighted by molar-refractivity contribution is 5.88. The first-order valence-electron chi connectivity index (χ1n) is 5.94. The summed E-state index contributed by atoms with van der Waals surface area (Å²) in [6, 6.07) is 6.35. The van der Waals surface area contributed by atoms with Crippen molar-refractivity contribution in [3.05, 3.63) is 35.6 Å². The van der Waals surface area contributed by atoms with E-state index < -0.39 is 5.60 Å². The first kappa shape index (κ1) is 13.8. The lowest BCUT2D eigenvalue weighted by molar-refractivity contribution is -0.141. The van der Waals surface area contributed by atoms with E-state index in [0.29, 0.717) is 18.6 Å². The quantitative estimate of drug-likeness (QED) is 0.761. The lowest BCUT2D eigenvalue weighted by Crippen LogP contribution is -2.39. The summed E-state index contributed by atoms with van der Waals surface area (Å²) >= 11 is 0. The van der Waals surface area contributed by atoms with Crippen molar-refractivity contribution in [3.8, 4) is 0 Å². The average Bonchev–Trinajstić information content (AvgIpc) is 2.32. The summed E-state index contributed by atoms with van der Waals surface area (Å²) in [4.78, 5) is 12.1. The van der Waals surface area contributed by atoms with Crippen molar-refractivity contribution in [2.45, 2.75) is 39.2 Å². The molecule has 0 heterocycles. The Hall–Kier alpha value is -1.22. The Morgan fingerprint density at radius 1 is 1.35 bits per heavy atom. The fraction of sp³-hybridized carbons (Fsp3) is 0.500. The van der Waals surface area contributed by atoms with Crippen LogP contribution in [0.4, 0.5) is 4.39 Å². The van der Waals surface area contributed by atoms with E-state index in [4.69, 9.17) is 4.74 Å². The van der Waals surface area contributed by atoms with Crippen LogP contribution in [0, 0.1) is 5.82 Å². The van der Waals surface area contributed by atoms with Gasteiger partial charge in [-0.1, -0.05) is 25.1 Å². The Bertz CT molecular complexity index is 390. The SMILES string of the molecule is CCOC(C)(CC)C(=O)Cc1ccccc1F. The normalized spacial score (nSPS) is 14.4. The molecule has 0 N–H and O–H groups in total. The molecule has 3 heteroatoms. The van der Waals surface area contributed by atoms with Gasteiger partial charge in [-0.25, -0.2) is 4.39 Å². The maximum atomic E-state index is 13.4. The van der Waals surface area contributed by atoms with Crippen LogP contribution in [0.15, 0.2) is 24.3 Å². The standard InChI is InChI=1S/C14H19FO2/c1-4-14(3,17-5-2)13(16)10-11-8-6-7-9-12(11)15/h6-9H,4-5,10H2,1-3H3. The molecule has 0 saturated carbocycles. The summed E-state index contributed by atoms with van der Waals surface area (Å²) < 4.78 is 18.9. The van der Waals surface area contributed by atoms with Crippen molar-refractivity contribution < 1.29 is 13.9 Å². The van der Waals surface area contributed by atoms with E-state index in [2.05, 4.69) is 0 Å². The summed E-state index contributed by atoms with van der Waals surface area (Å²) in [5.41, 5.74) is -0.381. The van der Waals surface area contributed by atoms with Crippen molar-refractivity contribution in [1.29, 1.82) is 0 Å². The lowest BCUT2D eigenvalue weighted by Gasteiger charge is -2.26. The zero-order valence-electron chi connectivity index (χ0n) is 10.6. The van der Waals surface area contributed by atoms with Crippen molar-refractivity contribution in [2.75, 3.05) is 6.61 Å². The second kappa shape index (κ2) is 5.92. The maximum absolute atomic E-state index is 13.4. The van der Waals surface area contributed by atoms with Crippen molar-refractivity contribution in [1.82, 2.24) is 0 Å². The van der Waals surface area contributed by atoms with Crippen LogP contribution < -0.4 is 0 Å². The van der Waals surface area contributed by atoms with Crippen LogP contribution >= 0.6 is 0 Å². The zero-order valence-corrected chi connectivity index (χ0v) is 10.6. The van der Waals surface area contributed by atoms with Crippen molar-refractivity contribution in [2.24, 2.45) is 0 Å². The molecular formula is C14H19FO2. The molecule has 0 aliphatic carbocycles. The van der Waals surface area contributed by atoms with Gasteiger partial charge in [0.2, 0.25) is 0 Å². The number of carbonyl (C=O) groups excluding carboxylic acids is 1. The molecule has 0 aliphatic heterocycles. The molecule has 0 aliphatic rings. The van der Waals surface area contributed by atoms with E-state index in [1.807, 2.05) is 13.8 Å². The van der Waals surface area contributed by atoms with E-state index in [1.54, 1.807) is 25.1 Å². The molecule has 1 aromatic carbocycles. The van der Waals surface area contributed by atoms with E-state index in [0.717, 1.165) is 0 Å². The number of Topliss-reactive ketones (excluding diaryl/α,β-unsaturated/α-hetero) is 1. The number of ether oxygens (including phenoxy) is 1. The Morgan fingerprint density at radius 2 is 2.00 bits per heavy atom. The van der Waals surface area contributed by atoms with Gasteiger partial charge in [0.05, 0.1) is 0 Å². The van der Waals surface area contributed by atoms with Crippen LogP contribution in [0.3, 0.4) is 0 Å².